The highest BCUT2D eigenvalue weighted by molar-refractivity contribution is 5.71. The molecule has 0 aromatic carbocycles. The maximum atomic E-state index is 12.9. The van der Waals surface area contributed by atoms with Crippen molar-refractivity contribution in [1.82, 2.24) is 19.1 Å². The number of alkyl halides is 3. The number of fused-ring (bicyclic) bond motifs is 1. The van der Waals surface area contributed by atoms with Crippen LogP contribution in [0.3, 0.4) is 0 Å². The second kappa shape index (κ2) is 7.53. The van der Waals surface area contributed by atoms with Crippen LogP contribution in [0.25, 0.3) is 11.2 Å². The largest absolute Gasteiger partial charge is 0.416 e. The third kappa shape index (κ3) is 3.73. The second-order valence-corrected chi connectivity index (χ2v) is 7.31. The summed E-state index contributed by atoms with van der Waals surface area (Å²) in [7, 11) is 0. The number of anilines is 1. The number of aryl methyl sites for hydroxylation is 1. The summed E-state index contributed by atoms with van der Waals surface area (Å²) >= 11 is 0. The Bertz CT molecular complexity index is 1060. The predicted molar refractivity (Wildman–Crippen MR) is 104 cm³/mol. The van der Waals surface area contributed by atoms with E-state index in [1.807, 2.05) is 24.0 Å². The molecular formula is C20H22F3N5O. The molecule has 1 saturated heterocycles. The van der Waals surface area contributed by atoms with Crippen molar-refractivity contribution in [3.05, 3.63) is 52.7 Å². The number of hydrogen-bond donors (Lipinski definition) is 0. The Morgan fingerprint density at radius 1 is 1.10 bits per heavy atom. The Hall–Kier alpha value is -2.84. The number of pyridine rings is 2. The van der Waals surface area contributed by atoms with Gasteiger partial charge in [-0.2, -0.15) is 13.2 Å². The molecule has 0 aliphatic carbocycles. The first-order valence-electron chi connectivity index (χ1n) is 9.70. The summed E-state index contributed by atoms with van der Waals surface area (Å²) in [5.41, 5.74) is 0.754. The Labute approximate surface area is 165 Å². The molecule has 0 radical (unpaired) electrons. The van der Waals surface area contributed by atoms with Crippen molar-refractivity contribution >= 4 is 17.0 Å². The Kier molecular flexibility index (Phi) is 5.06. The van der Waals surface area contributed by atoms with Gasteiger partial charge < -0.3 is 4.90 Å². The minimum absolute atomic E-state index is 0.0665. The molecule has 1 aliphatic rings. The Balaban J connectivity index is 1.49. The van der Waals surface area contributed by atoms with Crippen molar-refractivity contribution in [2.75, 3.05) is 18.0 Å². The van der Waals surface area contributed by atoms with Gasteiger partial charge in [0.15, 0.2) is 5.65 Å². The molecular weight excluding hydrogens is 383 g/mol. The number of halogens is 3. The van der Waals surface area contributed by atoms with Crippen LogP contribution in [0.5, 0.6) is 0 Å². The van der Waals surface area contributed by atoms with E-state index in [0.717, 1.165) is 30.5 Å². The summed E-state index contributed by atoms with van der Waals surface area (Å²) in [6.07, 6.45) is 0.0545. The summed E-state index contributed by atoms with van der Waals surface area (Å²) in [6.45, 7) is 4.27. The highest BCUT2D eigenvalue weighted by Crippen LogP contribution is 2.32. The molecule has 0 bridgehead atoms. The summed E-state index contributed by atoms with van der Waals surface area (Å²) in [6, 6.07) is 5.80. The first kappa shape index (κ1) is 19.5. The smallest absolute Gasteiger partial charge is 0.357 e. The van der Waals surface area contributed by atoms with Gasteiger partial charge in [0.2, 0.25) is 0 Å². The lowest BCUT2D eigenvalue weighted by atomic mass is 9.96. The molecule has 3 aromatic rings. The van der Waals surface area contributed by atoms with Crippen LogP contribution in [0.15, 0.2) is 41.5 Å². The van der Waals surface area contributed by atoms with E-state index in [9.17, 15) is 18.0 Å². The topological polar surface area (TPSA) is 56.0 Å². The molecule has 0 N–H and O–H groups in total. The summed E-state index contributed by atoms with van der Waals surface area (Å²) in [4.78, 5) is 23.1. The van der Waals surface area contributed by atoms with Gasteiger partial charge in [-0.1, -0.05) is 0 Å². The van der Waals surface area contributed by atoms with Crippen molar-refractivity contribution in [3.63, 3.8) is 0 Å². The van der Waals surface area contributed by atoms with Gasteiger partial charge in [0, 0.05) is 38.6 Å². The molecule has 1 aliphatic heterocycles. The van der Waals surface area contributed by atoms with Crippen LogP contribution < -0.4 is 10.6 Å². The number of nitrogens with zero attached hydrogens (tertiary/aromatic N) is 5. The van der Waals surface area contributed by atoms with E-state index in [0.29, 0.717) is 37.6 Å². The molecule has 0 amide bonds. The van der Waals surface area contributed by atoms with Crippen molar-refractivity contribution in [3.8, 4) is 0 Å². The molecule has 29 heavy (non-hydrogen) atoms. The van der Waals surface area contributed by atoms with E-state index in [1.165, 1.54) is 6.20 Å². The van der Waals surface area contributed by atoms with Crippen LogP contribution in [0.4, 0.5) is 19.0 Å². The van der Waals surface area contributed by atoms with E-state index < -0.39 is 11.7 Å². The lowest BCUT2D eigenvalue weighted by Gasteiger charge is -2.33. The second-order valence-electron chi connectivity index (χ2n) is 7.31. The maximum absolute atomic E-state index is 12.9. The number of hydrogen-bond acceptors (Lipinski definition) is 4. The Morgan fingerprint density at radius 3 is 2.55 bits per heavy atom. The zero-order valence-electron chi connectivity index (χ0n) is 16.1. The number of piperidine rings is 1. The van der Waals surface area contributed by atoms with Gasteiger partial charge in [-0.15, -0.1) is 0 Å². The van der Waals surface area contributed by atoms with Crippen molar-refractivity contribution in [2.45, 2.75) is 39.0 Å². The van der Waals surface area contributed by atoms with Gasteiger partial charge in [-0.3, -0.25) is 9.13 Å². The fourth-order valence-corrected chi connectivity index (χ4v) is 3.99. The minimum Gasteiger partial charge on any atom is -0.357 e. The van der Waals surface area contributed by atoms with Crippen molar-refractivity contribution in [2.24, 2.45) is 5.92 Å². The molecule has 1 fully saturated rings. The van der Waals surface area contributed by atoms with Gasteiger partial charge in [0.1, 0.15) is 5.82 Å². The highest BCUT2D eigenvalue weighted by atomic mass is 19.4. The average molecular weight is 405 g/mol. The zero-order chi connectivity index (χ0) is 20.6. The summed E-state index contributed by atoms with van der Waals surface area (Å²) in [5.74, 6) is 0.604. The molecule has 0 unspecified atom stereocenters. The molecule has 0 atom stereocenters. The van der Waals surface area contributed by atoms with E-state index >= 15 is 0 Å². The average Bonchev–Trinajstić information content (AvgIpc) is 2.99. The molecule has 4 heterocycles. The van der Waals surface area contributed by atoms with Gasteiger partial charge in [-0.25, -0.2) is 14.8 Å². The van der Waals surface area contributed by atoms with Crippen LogP contribution in [0, 0.1) is 5.92 Å². The standard InChI is InChI=1S/C20H22F3N5O/c1-2-27-16-4-3-8-25-18(16)28(19(27)29)13-14-6-10-26(11-7-14)17-12-15(5-9-24-17)20(21,22)23/h3-5,8-9,12,14H,2,6-7,10-11,13H2,1H3. The third-order valence-electron chi connectivity index (χ3n) is 5.54. The van der Waals surface area contributed by atoms with Crippen LogP contribution in [-0.4, -0.2) is 32.2 Å². The minimum atomic E-state index is -4.38. The summed E-state index contributed by atoms with van der Waals surface area (Å²) < 4.78 is 42.3. The van der Waals surface area contributed by atoms with Gasteiger partial charge in [0.05, 0.1) is 11.1 Å². The van der Waals surface area contributed by atoms with Gasteiger partial charge in [-0.05, 0) is 49.9 Å². The van der Waals surface area contributed by atoms with E-state index in [4.69, 9.17) is 0 Å². The molecule has 0 saturated carbocycles. The monoisotopic (exact) mass is 405 g/mol. The van der Waals surface area contributed by atoms with E-state index in [-0.39, 0.29) is 11.6 Å². The highest BCUT2D eigenvalue weighted by Gasteiger charge is 2.31. The fraction of sp³-hybridized carbons (Fsp3) is 0.450. The SMILES string of the molecule is CCn1c(=O)n(CC2CCN(c3cc(C(F)(F)F)ccn3)CC2)c2ncccc21. The van der Waals surface area contributed by atoms with Gasteiger partial charge in [0.25, 0.3) is 0 Å². The van der Waals surface area contributed by atoms with E-state index in [2.05, 4.69) is 9.97 Å². The maximum Gasteiger partial charge on any atom is 0.416 e. The van der Waals surface area contributed by atoms with Gasteiger partial charge >= 0.3 is 11.9 Å². The van der Waals surface area contributed by atoms with E-state index in [1.54, 1.807) is 15.3 Å². The fourth-order valence-electron chi connectivity index (χ4n) is 3.99. The molecule has 4 rings (SSSR count). The molecule has 0 spiro atoms. The lowest BCUT2D eigenvalue weighted by Crippen LogP contribution is -2.37. The first-order chi connectivity index (χ1) is 13.9. The van der Waals surface area contributed by atoms with Crippen LogP contribution in [0.2, 0.25) is 0 Å². The Morgan fingerprint density at radius 2 is 1.86 bits per heavy atom. The molecule has 6 nitrogen and oxygen atoms in total. The molecule has 3 aromatic heterocycles. The number of rotatable bonds is 4. The number of aromatic nitrogens is 4. The first-order valence-corrected chi connectivity index (χ1v) is 9.70. The quantitative estimate of drug-likeness (QED) is 0.666. The molecule has 154 valence electrons. The number of imidazole rings is 1. The van der Waals surface area contributed by atoms with Crippen LogP contribution in [0.1, 0.15) is 25.3 Å². The predicted octanol–water partition coefficient (Wildman–Crippen LogP) is 3.55. The van der Waals surface area contributed by atoms with Crippen LogP contribution in [-0.2, 0) is 19.3 Å². The summed E-state index contributed by atoms with van der Waals surface area (Å²) in [5, 5.41) is 0. The third-order valence-corrected chi connectivity index (χ3v) is 5.54. The normalized spacial score (nSPS) is 15.9. The molecule has 9 heteroatoms. The lowest BCUT2D eigenvalue weighted by molar-refractivity contribution is -0.137. The zero-order valence-corrected chi connectivity index (χ0v) is 16.1. The van der Waals surface area contributed by atoms with Crippen molar-refractivity contribution < 1.29 is 13.2 Å². The van der Waals surface area contributed by atoms with Crippen molar-refractivity contribution in [1.29, 1.82) is 0 Å². The van der Waals surface area contributed by atoms with Crippen LogP contribution >= 0.6 is 0 Å².